The lowest BCUT2D eigenvalue weighted by molar-refractivity contribution is 0.0690. The molecule has 0 spiro atoms. The molecule has 0 aliphatic heterocycles. The summed E-state index contributed by atoms with van der Waals surface area (Å²) in [6, 6.07) is 8.62. The Morgan fingerprint density at radius 2 is 2.18 bits per heavy atom. The summed E-state index contributed by atoms with van der Waals surface area (Å²) in [6.45, 7) is 1.09. The molecule has 0 aliphatic carbocycles. The second-order valence-corrected chi connectivity index (χ2v) is 3.50. The van der Waals surface area contributed by atoms with E-state index in [9.17, 15) is 4.79 Å². The second-order valence-electron chi connectivity index (χ2n) is 3.50. The molecule has 2 heterocycles. The molecule has 0 amide bonds. The van der Waals surface area contributed by atoms with Gasteiger partial charge in [-0.3, -0.25) is 0 Å². The van der Waals surface area contributed by atoms with Gasteiger partial charge in [-0.25, -0.2) is 9.78 Å². The zero-order chi connectivity index (χ0) is 12.1. The van der Waals surface area contributed by atoms with Gasteiger partial charge in [0.25, 0.3) is 0 Å². The molecule has 2 aromatic heterocycles. The summed E-state index contributed by atoms with van der Waals surface area (Å²) >= 11 is 0. The molecule has 0 unspecified atom stereocenters. The van der Waals surface area contributed by atoms with Gasteiger partial charge in [-0.2, -0.15) is 0 Å². The van der Waals surface area contributed by atoms with E-state index >= 15 is 0 Å². The number of rotatable bonds is 5. The number of hydrogen-bond acceptors (Lipinski definition) is 4. The molecule has 0 aliphatic rings. The fourth-order valence-electron chi connectivity index (χ4n) is 1.42. The van der Waals surface area contributed by atoms with Crippen molar-refractivity contribution < 1.29 is 14.3 Å². The third-order valence-electron chi connectivity index (χ3n) is 2.21. The highest BCUT2D eigenvalue weighted by Gasteiger charge is 2.04. The Morgan fingerprint density at radius 1 is 1.29 bits per heavy atom. The monoisotopic (exact) mass is 232 g/mol. The number of furan rings is 1. The summed E-state index contributed by atoms with van der Waals surface area (Å²) in [5, 5.41) is 11.9. The Labute approximate surface area is 98.1 Å². The van der Waals surface area contributed by atoms with Gasteiger partial charge in [0.15, 0.2) is 0 Å². The quantitative estimate of drug-likeness (QED) is 0.820. The first kappa shape index (κ1) is 11.3. The number of carboxylic acids is 1. The van der Waals surface area contributed by atoms with Crippen LogP contribution in [0.25, 0.3) is 0 Å². The smallest absolute Gasteiger partial charge is 0.354 e. The number of carboxylic acid groups (broad SMARTS) is 1. The summed E-state index contributed by atoms with van der Waals surface area (Å²) in [4.78, 5) is 14.7. The summed E-state index contributed by atoms with van der Waals surface area (Å²) in [7, 11) is 0. The van der Waals surface area contributed by atoms with Crippen molar-refractivity contribution in [1.29, 1.82) is 0 Å². The van der Waals surface area contributed by atoms with Crippen LogP contribution in [0.1, 0.15) is 21.9 Å². The van der Waals surface area contributed by atoms with Crippen LogP contribution in [0.5, 0.6) is 0 Å². The van der Waals surface area contributed by atoms with Crippen molar-refractivity contribution in [3.63, 3.8) is 0 Å². The van der Waals surface area contributed by atoms with Crippen LogP contribution in [0.3, 0.4) is 0 Å². The van der Waals surface area contributed by atoms with Gasteiger partial charge in [-0.1, -0.05) is 6.07 Å². The Hall–Kier alpha value is -2.14. The third kappa shape index (κ3) is 3.15. The molecule has 88 valence electrons. The first-order valence-electron chi connectivity index (χ1n) is 5.18. The number of aromatic carboxylic acids is 1. The van der Waals surface area contributed by atoms with Gasteiger partial charge in [0.1, 0.15) is 11.5 Å². The van der Waals surface area contributed by atoms with E-state index in [2.05, 4.69) is 10.3 Å². The molecule has 0 fully saturated rings. The first-order valence-corrected chi connectivity index (χ1v) is 5.18. The van der Waals surface area contributed by atoms with Crippen molar-refractivity contribution in [2.24, 2.45) is 0 Å². The predicted molar refractivity (Wildman–Crippen MR) is 60.4 cm³/mol. The van der Waals surface area contributed by atoms with Gasteiger partial charge in [0.05, 0.1) is 18.5 Å². The molecule has 5 heteroatoms. The van der Waals surface area contributed by atoms with E-state index in [0.717, 1.165) is 5.76 Å². The van der Waals surface area contributed by atoms with Crippen LogP contribution in [0.4, 0.5) is 0 Å². The number of carbonyl (C=O) groups is 1. The lowest BCUT2D eigenvalue weighted by Gasteiger charge is -2.03. The Bertz CT molecular complexity index is 494. The molecule has 0 radical (unpaired) electrons. The summed E-state index contributed by atoms with van der Waals surface area (Å²) in [5.74, 6) is -0.183. The number of aromatic nitrogens is 1. The average molecular weight is 232 g/mol. The Morgan fingerprint density at radius 3 is 2.88 bits per heavy atom. The summed E-state index contributed by atoms with van der Waals surface area (Å²) in [5.41, 5.74) is 0.749. The Kier molecular flexibility index (Phi) is 3.52. The molecule has 0 bridgehead atoms. The van der Waals surface area contributed by atoms with Gasteiger partial charge in [0, 0.05) is 6.54 Å². The second kappa shape index (κ2) is 5.27. The minimum Gasteiger partial charge on any atom is -0.477 e. The van der Waals surface area contributed by atoms with Crippen LogP contribution in [0.15, 0.2) is 41.0 Å². The fraction of sp³-hybridized carbons (Fsp3) is 0.167. The average Bonchev–Trinajstić information content (AvgIpc) is 2.82. The van der Waals surface area contributed by atoms with Crippen LogP contribution in [-0.2, 0) is 13.1 Å². The minimum absolute atomic E-state index is 0.0577. The number of pyridine rings is 1. The van der Waals surface area contributed by atoms with E-state index in [0.29, 0.717) is 18.8 Å². The van der Waals surface area contributed by atoms with Crippen LogP contribution in [0, 0.1) is 0 Å². The van der Waals surface area contributed by atoms with Gasteiger partial charge >= 0.3 is 5.97 Å². The van der Waals surface area contributed by atoms with Crippen LogP contribution < -0.4 is 5.32 Å². The zero-order valence-electron chi connectivity index (χ0n) is 9.09. The van der Waals surface area contributed by atoms with E-state index in [1.165, 1.54) is 6.07 Å². The molecular weight excluding hydrogens is 220 g/mol. The molecule has 0 saturated carbocycles. The third-order valence-corrected chi connectivity index (χ3v) is 2.21. The molecular formula is C12H12N2O3. The van der Waals surface area contributed by atoms with E-state index < -0.39 is 5.97 Å². The largest absolute Gasteiger partial charge is 0.477 e. The molecule has 0 saturated heterocycles. The summed E-state index contributed by atoms with van der Waals surface area (Å²) < 4.78 is 5.16. The van der Waals surface area contributed by atoms with Crippen molar-refractivity contribution in [2.45, 2.75) is 13.1 Å². The summed E-state index contributed by atoms with van der Waals surface area (Å²) in [6.07, 6.45) is 1.61. The highest BCUT2D eigenvalue weighted by Crippen LogP contribution is 2.02. The van der Waals surface area contributed by atoms with Gasteiger partial charge in [-0.15, -0.1) is 0 Å². The van der Waals surface area contributed by atoms with Crippen molar-refractivity contribution in [3.8, 4) is 0 Å². The molecule has 17 heavy (non-hydrogen) atoms. The highest BCUT2D eigenvalue weighted by atomic mass is 16.4. The number of nitrogens with one attached hydrogen (secondary N) is 1. The van der Waals surface area contributed by atoms with Crippen molar-refractivity contribution in [3.05, 3.63) is 53.7 Å². The van der Waals surface area contributed by atoms with Crippen molar-refractivity contribution >= 4 is 5.97 Å². The SMILES string of the molecule is O=C(O)c1cccc(CNCc2ccco2)n1. The van der Waals surface area contributed by atoms with Crippen molar-refractivity contribution in [2.75, 3.05) is 0 Å². The van der Waals surface area contributed by atoms with E-state index in [4.69, 9.17) is 9.52 Å². The van der Waals surface area contributed by atoms with Crippen LogP contribution >= 0.6 is 0 Å². The molecule has 2 rings (SSSR count). The van der Waals surface area contributed by atoms with Crippen molar-refractivity contribution in [1.82, 2.24) is 10.3 Å². The molecule has 2 aromatic rings. The highest BCUT2D eigenvalue weighted by molar-refractivity contribution is 5.85. The zero-order valence-corrected chi connectivity index (χ0v) is 9.09. The lowest BCUT2D eigenvalue weighted by Crippen LogP contribution is -2.14. The van der Waals surface area contributed by atoms with Gasteiger partial charge in [0.2, 0.25) is 0 Å². The topological polar surface area (TPSA) is 75.4 Å². The van der Waals surface area contributed by atoms with Crippen LogP contribution in [-0.4, -0.2) is 16.1 Å². The first-order chi connectivity index (χ1) is 8.25. The Balaban J connectivity index is 1.90. The molecule has 2 N–H and O–H groups in total. The van der Waals surface area contributed by atoms with E-state index in [1.807, 2.05) is 12.1 Å². The van der Waals surface area contributed by atoms with Crippen LogP contribution in [0.2, 0.25) is 0 Å². The maximum absolute atomic E-state index is 10.7. The maximum Gasteiger partial charge on any atom is 0.354 e. The van der Waals surface area contributed by atoms with Gasteiger partial charge < -0.3 is 14.8 Å². The van der Waals surface area contributed by atoms with E-state index in [1.54, 1.807) is 18.4 Å². The molecule has 0 aromatic carbocycles. The minimum atomic E-state index is -1.02. The standard InChI is InChI=1S/C12H12N2O3/c15-12(16)11-5-1-3-9(14-11)7-13-8-10-4-2-6-17-10/h1-6,13H,7-8H2,(H,15,16). The normalized spacial score (nSPS) is 10.4. The maximum atomic E-state index is 10.7. The molecule has 5 nitrogen and oxygen atoms in total. The lowest BCUT2D eigenvalue weighted by atomic mass is 10.3. The van der Waals surface area contributed by atoms with E-state index in [-0.39, 0.29) is 5.69 Å². The van der Waals surface area contributed by atoms with Gasteiger partial charge in [-0.05, 0) is 24.3 Å². The fourth-order valence-corrected chi connectivity index (χ4v) is 1.42. The number of nitrogens with zero attached hydrogens (tertiary/aromatic N) is 1. The predicted octanol–water partition coefficient (Wildman–Crippen LogP) is 1.66. The molecule has 0 atom stereocenters. The number of hydrogen-bond donors (Lipinski definition) is 2.